The van der Waals surface area contributed by atoms with Crippen LogP contribution in [-0.2, 0) is 4.79 Å². The Balaban J connectivity index is 1.57. The Bertz CT molecular complexity index is 556. The maximum atomic E-state index is 12.1. The van der Waals surface area contributed by atoms with E-state index in [-0.39, 0.29) is 16.9 Å². The number of nitrogens with zero attached hydrogens (tertiary/aromatic N) is 3. The summed E-state index contributed by atoms with van der Waals surface area (Å²) in [6.07, 6.45) is 7.23. The standard InChI is InChI=1S/C14H19N5O2S/c20-13(17-18-14(21)11-4-3-7-22-11)10-8-15-9-12(16-10)19-5-1-2-6-19/h8-9,11H,1-7H2,(H,17,20)(H,18,21). The number of hydrazine groups is 1. The molecule has 3 heterocycles. The molecule has 22 heavy (non-hydrogen) atoms. The summed E-state index contributed by atoms with van der Waals surface area (Å²) >= 11 is 1.62. The van der Waals surface area contributed by atoms with Crippen LogP contribution in [0, 0.1) is 0 Å². The molecule has 0 aliphatic carbocycles. The number of hydrogen-bond acceptors (Lipinski definition) is 6. The second-order valence-electron chi connectivity index (χ2n) is 5.40. The van der Waals surface area contributed by atoms with Gasteiger partial charge in [-0.05, 0) is 31.4 Å². The number of rotatable bonds is 3. The number of thioether (sulfide) groups is 1. The van der Waals surface area contributed by atoms with E-state index < -0.39 is 5.91 Å². The van der Waals surface area contributed by atoms with E-state index in [1.807, 2.05) is 0 Å². The molecule has 7 nitrogen and oxygen atoms in total. The molecule has 1 aromatic rings. The third kappa shape index (κ3) is 3.49. The van der Waals surface area contributed by atoms with Crippen molar-refractivity contribution >= 4 is 29.4 Å². The Hall–Kier alpha value is -1.83. The summed E-state index contributed by atoms with van der Waals surface area (Å²) < 4.78 is 0. The minimum absolute atomic E-state index is 0.0673. The molecule has 0 bridgehead atoms. The molecule has 0 saturated carbocycles. The van der Waals surface area contributed by atoms with Gasteiger partial charge < -0.3 is 4.90 Å². The van der Waals surface area contributed by atoms with Crippen LogP contribution in [0.5, 0.6) is 0 Å². The fraction of sp³-hybridized carbons (Fsp3) is 0.571. The summed E-state index contributed by atoms with van der Waals surface area (Å²) in [5, 5.41) is -0.0673. The number of amides is 2. The van der Waals surface area contributed by atoms with Crippen molar-refractivity contribution in [2.45, 2.75) is 30.9 Å². The van der Waals surface area contributed by atoms with E-state index in [1.165, 1.54) is 6.20 Å². The van der Waals surface area contributed by atoms with E-state index >= 15 is 0 Å². The molecule has 3 rings (SSSR count). The van der Waals surface area contributed by atoms with Crippen LogP contribution < -0.4 is 15.8 Å². The third-order valence-electron chi connectivity index (χ3n) is 3.81. The van der Waals surface area contributed by atoms with E-state index in [0.29, 0.717) is 5.82 Å². The van der Waals surface area contributed by atoms with Crippen molar-refractivity contribution in [3.05, 3.63) is 18.1 Å². The number of carbonyl (C=O) groups is 2. The van der Waals surface area contributed by atoms with Crippen molar-refractivity contribution in [1.29, 1.82) is 0 Å². The van der Waals surface area contributed by atoms with Crippen LogP contribution in [0.2, 0.25) is 0 Å². The number of anilines is 1. The monoisotopic (exact) mass is 321 g/mol. The van der Waals surface area contributed by atoms with E-state index in [9.17, 15) is 9.59 Å². The summed E-state index contributed by atoms with van der Waals surface area (Å²) in [6, 6.07) is 0. The van der Waals surface area contributed by atoms with Gasteiger partial charge in [-0.2, -0.15) is 0 Å². The molecule has 2 aliphatic heterocycles. The third-order valence-corrected chi connectivity index (χ3v) is 5.18. The molecule has 8 heteroatoms. The van der Waals surface area contributed by atoms with Crippen LogP contribution in [0.25, 0.3) is 0 Å². The smallest absolute Gasteiger partial charge is 0.289 e. The molecule has 2 amide bonds. The first kappa shape index (κ1) is 15.1. The van der Waals surface area contributed by atoms with Gasteiger partial charge in [0, 0.05) is 13.1 Å². The molecule has 2 N–H and O–H groups in total. The van der Waals surface area contributed by atoms with Crippen LogP contribution >= 0.6 is 11.8 Å². The second-order valence-corrected chi connectivity index (χ2v) is 6.71. The summed E-state index contributed by atoms with van der Waals surface area (Å²) in [6.45, 7) is 1.88. The lowest BCUT2D eigenvalue weighted by molar-refractivity contribution is -0.121. The molecule has 0 radical (unpaired) electrons. The van der Waals surface area contributed by atoms with E-state index in [0.717, 1.165) is 44.5 Å². The first-order valence-electron chi connectivity index (χ1n) is 7.53. The molecular weight excluding hydrogens is 302 g/mol. The summed E-state index contributed by atoms with van der Waals surface area (Å²) in [5.41, 5.74) is 5.10. The Morgan fingerprint density at radius 3 is 2.73 bits per heavy atom. The molecule has 118 valence electrons. The summed E-state index contributed by atoms with van der Waals surface area (Å²) in [4.78, 5) is 34.5. The molecule has 2 saturated heterocycles. The largest absolute Gasteiger partial charge is 0.355 e. The van der Waals surface area contributed by atoms with Crippen molar-refractivity contribution in [2.24, 2.45) is 0 Å². The highest BCUT2D eigenvalue weighted by molar-refractivity contribution is 8.00. The average Bonchev–Trinajstić information content (AvgIpc) is 3.25. The zero-order valence-electron chi connectivity index (χ0n) is 12.2. The van der Waals surface area contributed by atoms with Crippen molar-refractivity contribution in [2.75, 3.05) is 23.7 Å². The predicted octanol–water partition coefficient (Wildman–Crippen LogP) is 0.733. The SMILES string of the molecule is O=C(NNC(=O)C1CCCS1)c1cncc(N2CCCC2)n1. The molecule has 2 fully saturated rings. The minimum Gasteiger partial charge on any atom is -0.355 e. The normalized spacial score (nSPS) is 20.9. The predicted molar refractivity (Wildman–Crippen MR) is 84.6 cm³/mol. The van der Waals surface area contributed by atoms with E-state index in [1.54, 1.807) is 18.0 Å². The maximum Gasteiger partial charge on any atom is 0.289 e. The number of carbonyl (C=O) groups excluding carboxylic acids is 2. The van der Waals surface area contributed by atoms with Gasteiger partial charge in [-0.3, -0.25) is 25.4 Å². The van der Waals surface area contributed by atoms with Crippen molar-refractivity contribution < 1.29 is 9.59 Å². The number of aromatic nitrogens is 2. The lowest BCUT2D eigenvalue weighted by atomic mass is 10.2. The van der Waals surface area contributed by atoms with Gasteiger partial charge in [0.05, 0.1) is 17.6 Å². The number of nitrogens with one attached hydrogen (secondary N) is 2. The van der Waals surface area contributed by atoms with E-state index in [4.69, 9.17) is 0 Å². The lowest BCUT2D eigenvalue weighted by Gasteiger charge is -2.16. The Labute approximate surface area is 133 Å². The molecule has 0 spiro atoms. The molecule has 1 aromatic heterocycles. The number of hydrogen-bond donors (Lipinski definition) is 2. The van der Waals surface area contributed by atoms with Crippen LogP contribution in [0.15, 0.2) is 12.4 Å². The minimum atomic E-state index is -0.440. The van der Waals surface area contributed by atoms with Gasteiger partial charge in [-0.1, -0.05) is 0 Å². The first-order valence-corrected chi connectivity index (χ1v) is 8.58. The molecule has 1 unspecified atom stereocenters. The highest BCUT2D eigenvalue weighted by atomic mass is 32.2. The highest BCUT2D eigenvalue weighted by Gasteiger charge is 2.24. The average molecular weight is 321 g/mol. The van der Waals surface area contributed by atoms with Crippen LogP contribution in [0.1, 0.15) is 36.2 Å². The fourth-order valence-corrected chi connectivity index (χ4v) is 3.77. The van der Waals surface area contributed by atoms with Crippen LogP contribution in [0.4, 0.5) is 5.82 Å². The van der Waals surface area contributed by atoms with Crippen molar-refractivity contribution in [3.63, 3.8) is 0 Å². The van der Waals surface area contributed by atoms with Gasteiger partial charge in [-0.25, -0.2) is 4.98 Å². The van der Waals surface area contributed by atoms with Crippen LogP contribution in [-0.4, -0.2) is 45.9 Å². The van der Waals surface area contributed by atoms with Gasteiger partial charge in [0.1, 0.15) is 5.82 Å². The van der Waals surface area contributed by atoms with Gasteiger partial charge in [-0.15, -0.1) is 11.8 Å². The molecular formula is C14H19N5O2S. The van der Waals surface area contributed by atoms with Crippen molar-refractivity contribution in [1.82, 2.24) is 20.8 Å². The van der Waals surface area contributed by atoms with E-state index in [2.05, 4.69) is 25.7 Å². The highest BCUT2D eigenvalue weighted by Crippen LogP contribution is 2.25. The van der Waals surface area contributed by atoms with Gasteiger partial charge >= 0.3 is 0 Å². The molecule has 1 atom stereocenters. The zero-order valence-corrected chi connectivity index (χ0v) is 13.1. The summed E-state index contributed by atoms with van der Waals surface area (Å²) in [7, 11) is 0. The topological polar surface area (TPSA) is 87.2 Å². The van der Waals surface area contributed by atoms with Gasteiger partial charge in [0.15, 0.2) is 5.69 Å². The van der Waals surface area contributed by atoms with Gasteiger partial charge in [0.25, 0.3) is 11.8 Å². The second kappa shape index (κ2) is 6.95. The van der Waals surface area contributed by atoms with Crippen molar-refractivity contribution in [3.8, 4) is 0 Å². The maximum absolute atomic E-state index is 12.1. The fourth-order valence-electron chi connectivity index (χ4n) is 2.61. The lowest BCUT2D eigenvalue weighted by Crippen LogP contribution is -2.45. The molecule has 2 aliphatic rings. The Morgan fingerprint density at radius 2 is 2.00 bits per heavy atom. The zero-order chi connectivity index (χ0) is 15.4. The first-order chi connectivity index (χ1) is 10.7. The summed E-state index contributed by atoms with van der Waals surface area (Å²) in [5.74, 6) is 1.11. The van der Waals surface area contributed by atoms with Crippen LogP contribution in [0.3, 0.4) is 0 Å². The van der Waals surface area contributed by atoms with Gasteiger partial charge in [0.2, 0.25) is 0 Å². The Morgan fingerprint density at radius 1 is 1.18 bits per heavy atom. The quantitative estimate of drug-likeness (QED) is 0.798. The Kier molecular flexibility index (Phi) is 4.77. The molecule has 0 aromatic carbocycles.